The molecule has 0 fully saturated rings. The first kappa shape index (κ1) is 13.0. The van der Waals surface area contributed by atoms with Crippen molar-refractivity contribution in [1.82, 2.24) is 9.55 Å². The molecule has 0 aliphatic carbocycles. The number of rotatable bonds is 6. The summed E-state index contributed by atoms with van der Waals surface area (Å²) in [5, 5.41) is 4.11. The molecule has 0 saturated heterocycles. The molecule has 2 rings (SSSR count). The summed E-state index contributed by atoms with van der Waals surface area (Å²) in [5.74, 6) is 0.920. The molecule has 0 aliphatic heterocycles. The molecule has 4 heteroatoms. The van der Waals surface area contributed by atoms with Crippen molar-refractivity contribution in [3.63, 3.8) is 0 Å². The molecule has 1 aromatic heterocycles. The van der Waals surface area contributed by atoms with E-state index in [0.29, 0.717) is 0 Å². The maximum Gasteiger partial charge on any atom is 0.203 e. The Morgan fingerprint density at radius 3 is 3.06 bits per heavy atom. The molecule has 3 nitrogen and oxygen atoms in total. The van der Waals surface area contributed by atoms with Gasteiger partial charge in [-0.1, -0.05) is 37.1 Å². The standard InChI is InChI=1S/C14H18ClN3/c1-2-3-8-18-9-7-16-14(18)17-11-12-5-4-6-13(15)10-12/h4-7,9-10H,2-3,8,11H2,1H3,(H,16,17). The van der Waals surface area contributed by atoms with Crippen LogP contribution >= 0.6 is 11.6 Å². The Balaban J connectivity index is 1.95. The van der Waals surface area contributed by atoms with Gasteiger partial charge in [0.15, 0.2) is 0 Å². The molecule has 0 amide bonds. The number of halogens is 1. The lowest BCUT2D eigenvalue weighted by Gasteiger charge is -2.09. The third kappa shape index (κ3) is 3.50. The minimum atomic E-state index is 0.740. The molecule has 0 bridgehead atoms. The van der Waals surface area contributed by atoms with Gasteiger partial charge in [-0.3, -0.25) is 0 Å². The van der Waals surface area contributed by atoms with E-state index in [4.69, 9.17) is 11.6 Å². The fourth-order valence-corrected chi connectivity index (χ4v) is 2.03. The van der Waals surface area contributed by atoms with Crippen LogP contribution in [0.2, 0.25) is 5.02 Å². The van der Waals surface area contributed by atoms with Gasteiger partial charge in [0.25, 0.3) is 0 Å². The van der Waals surface area contributed by atoms with Crippen molar-refractivity contribution in [3.8, 4) is 0 Å². The number of hydrogen-bond donors (Lipinski definition) is 1. The van der Waals surface area contributed by atoms with Gasteiger partial charge in [0.05, 0.1) is 0 Å². The van der Waals surface area contributed by atoms with Crippen LogP contribution in [0.5, 0.6) is 0 Å². The van der Waals surface area contributed by atoms with E-state index in [-0.39, 0.29) is 0 Å². The summed E-state index contributed by atoms with van der Waals surface area (Å²) in [6.07, 6.45) is 6.19. The van der Waals surface area contributed by atoms with E-state index in [1.54, 1.807) is 0 Å². The molecule has 0 aliphatic rings. The van der Waals surface area contributed by atoms with Crippen molar-refractivity contribution in [3.05, 3.63) is 47.2 Å². The third-order valence-corrected chi connectivity index (χ3v) is 3.04. The zero-order valence-electron chi connectivity index (χ0n) is 10.6. The van der Waals surface area contributed by atoms with Crippen LogP contribution in [-0.4, -0.2) is 9.55 Å². The molecule has 1 N–H and O–H groups in total. The van der Waals surface area contributed by atoms with Crippen LogP contribution in [0.1, 0.15) is 25.3 Å². The van der Waals surface area contributed by atoms with Crippen LogP contribution in [0.3, 0.4) is 0 Å². The summed E-state index contributed by atoms with van der Waals surface area (Å²) in [4.78, 5) is 4.33. The Bertz CT molecular complexity index is 493. The molecule has 96 valence electrons. The van der Waals surface area contributed by atoms with Crippen LogP contribution in [-0.2, 0) is 13.1 Å². The van der Waals surface area contributed by atoms with Crippen molar-refractivity contribution in [1.29, 1.82) is 0 Å². The molecule has 0 radical (unpaired) electrons. The summed E-state index contributed by atoms with van der Waals surface area (Å²) in [6, 6.07) is 7.86. The van der Waals surface area contributed by atoms with Crippen LogP contribution in [0, 0.1) is 0 Å². The largest absolute Gasteiger partial charge is 0.352 e. The van der Waals surface area contributed by atoms with Crippen molar-refractivity contribution >= 4 is 17.5 Å². The normalized spacial score (nSPS) is 10.6. The molecule has 0 saturated carbocycles. The average molecular weight is 264 g/mol. The number of imidazole rings is 1. The van der Waals surface area contributed by atoms with Gasteiger partial charge < -0.3 is 9.88 Å². The molecular weight excluding hydrogens is 246 g/mol. The number of benzene rings is 1. The zero-order chi connectivity index (χ0) is 12.8. The van der Waals surface area contributed by atoms with Gasteiger partial charge >= 0.3 is 0 Å². The minimum absolute atomic E-state index is 0.740. The average Bonchev–Trinajstić information content (AvgIpc) is 2.81. The second kappa shape index (κ2) is 6.45. The summed E-state index contributed by atoms with van der Waals surface area (Å²) in [5.41, 5.74) is 1.16. The van der Waals surface area contributed by atoms with E-state index in [0.717, 1.165) is 29.6 Å². The Morgan fingerprint density at radius 2 is 2.28 bits per heavy atom. The Kier molecular flexibility index (Phi) is 4.65. The van der Waals surface area contributed by atoms with Gasteiger partial charge in [0, 0.05) is 30.5 Å². The number of aryl methyl sites for hydroxylation is 1. The van der Waals surface area contributed by atoms with Crippen LogP contribution < -0.4 is 5.32 Å². The van der Waals surface area contributed by atoms with Gasteiger partial charge in [-0.25, -0.2) is 4.98 Å². The highest BCUT2D eigenvalue weighted by Crippen LogP contribution is 2.13. The van der Waals surface area contributed by atoms with Crippen LogP contribution in [0.4, 0.5) is 5.95 Å². The van der Waals surface area contributed by atoms with Crippen molar-refractivity contribution in [2.75, 3.05) is 5.32 Å². The fraction of sp³-hybridized carbons (Fsp3) is 0.357. The van der Waals surface area contributed by atoms with Crippen molar-refractivity contribution in [2.45, 2.75) is 32.9 Å². The Labute approximate surface area is 113 Å². The number of hydrogen-bond acceptors (Lipinski definition) is 2. The van der Waals surface area contributed by atoms with E-state index < -0.39 is 0 Å². The fourth-order valence-electron chi connectivity index (χ4n) is 1.81. The van der Waals surface area contributed by atoms with Crippen LogP contribution in [0.15, 0.2) is 36.7 Å². The van der Waals surface area contributed by atoms with E-state index in [9.17, 15) is 0 Å². The summed E-state index contributed by atoms with van der Waals surface area (Å²) in [6.45, 7) is 3.94. The smallest absolute Gasteiger partial charge is 0.203 e. The number of anilines is 1. The van der Waals surface area contributed by atoms with Gasteiger partial charge in [-0.05, 0) is 24.1 Å². The third-order valence-electron chi connectivity index (χ3n) is 2.81. The lowest BCUT2D eigenvalue weighted by atomic mass is 10.2. The van der Waals surface area contributed by atoms with E-state index in [2.05, 4.69) is 27.9 Å². The first-order valence-electron chi connectivity index (χ1n) is 6.29. The highest BCUT2D eigenvalue weighted by Gasteiger charge is 2.01. The van der Waals surface area contributed by atoms with Gasteiger partial charge in [-0.2, -0.15) is 0 Å². The number of nitrogens with one attached hydrogen (secondary N) is 1. The van der Waals surface area contributed by atoms with E-state index in [1.807, 2.05) is 30.6 Å². The highest BCUT2D eigenvalue weighted by molar-refractivity contribution is 6.30. The first-order chi connectivity index (χ1) is 8.79. The number of aromatic nitrogens is 2. The Hall–Kier alpha value is -1.48. The SMILES string of the molecule is CCCCn1ccnc1NCc1cccc(Cl)c1. The predicted octanol–water partition coefficient (Wildman–Crippen LogP) is 3.95. The molecular formula is C14H18ClN3. The quantitative estimate of drug-likeness (QED) is 0.855. The predicted molar refractivity (Wildman–Crippen MR) is 75.9 cm³/mol. The summed E-state index contributed by atoms with van der Waals surface area (Å²) in [7, 11) is 0. The molecule has 0 unspecified atom stereocenters. The van der Waals surface area contributed by atoms with Gasteiger partial charge in [0.2, 0.25) is 5.95 Å². The lowest BCUT2D eigenvalue weighted by Crippen LogP contribution is -2.07. The monoisotopic (exact) mass is 263 g/mol. The van der Waals surface area contributed by atoms with Crippen molar-refractivity contribution in [2.24, 2.45) is 0 Å². The summed E-state index contributed by atoms with van der Waals surface area (Å²) < 4.78 is 2.15. The number of nitrogens with zero attached hydrogens (tertiary/aromatic N) is 2. The van der Waals surface area contributed by atoms with Crippen LogP contribution in [0.25, 0.3) is 0 Å². The van der Waals surface area contributed by atoms with Crippen molar-refractivity contribution < 1.29 is 0 Å². The molecule has 1 aromatic carbocycles. The highest BCUT2D eigenvalue weighted by atomic mass is 35.5. The Morgan fingerprint density at radius 1 is 1.39 bits per heavy atom. The second-order valence-corrected chi connectivity index (χ2v) is 4.72. The lowest BCUT2D eigenvalue weighted by molar-refractivity contribution is 0.635. The van der Waals surface area contributed by atoms with E-state index >= 15 is 0 Å². The second-order valence-electron chi connectivity index (χ2n) is 4.28. The zero-order valence-corrected chi connectivity index (χ0v) is 11.3. The molecule has 18 heavy (non-hydrogen) atoms. The molecule has 2 aromatic rings. The van der Waals surface area contributed by atoms with E-state index in [1.165, 1.54) is 12.8 Å². The maximum absolute atomic E-state index is 5.96. The molecule has 1 heterocycles. The van der Waals surface area contributed by atoms with Gasteiger partial charge in [0.1, 0.15) is 0 Å². The topological polar surface area (TPSA) is 29.9 Å². The summed E-state index contributed by atoms with van der Waals surface area (Å²) >= 11 is 5.96. The number of unbranched alkanes of at least 4 members (excludes halogenated alkanes) is 1. The molecule has 0 spiro atoms. The van der Waals surface area contributed by atoms with Gasteiger partial charge in [-0.15, -0.1) is 0 Å². The molecule has 0 atom stereocenters. The maximum atomic E-state index is 5.96. The minimum Gasteiger partial charge on any atom is -0.352 e. The first-order valence-corrected chi connectivity index (χ1v) is 6.67.